The molecule has 1 heterocycles. The van der Waals surface area contributed by atoms with Crippen molar-refractivity contribution in [3.63, 3.8) is 0 Å². The van der Waals surface area contributed by atoms with Gasteiger partial charge in [-0.15, -0.1) is 12.4 Å². The van der Waals surface area contributed by atoms with Crippen LogP contribution in [0.1, 0.15) is 56.6 Å². The van der Waals surface area contributed by atoms with Gasteiger partial charge in [0.25, 0.3) is 0 Å². The number of benzene rings is 1. The van der Waals surface area contributed by atoms with Crippen molar-refractivity contribution in [2.24, 2.45) is 5.92 Å². The molecule has 0 aliphatic carbocycles. The lowest BCUT2D eigenvalue weighted by atomic mass is 9.93. The molecule has 2 rings (SSSR count). The van der Waals surface area contributed by atoms with E-state index in [1.165, 1.54) is 17.5 Å². The van der Waals surface area contributed by atoms with Crippen LogP contribution in [0.5, 0.6) is 0 Å². The zero-order valence-electron chi connectivity index (χ0n) is 15.4. The summed E-state index contributed by atoms with van der Waals surface area (Å²) in [4.78, 5) is 14.4. The molecule has 1 aromatic rings. The summed E-state index contributed by atoms with van der Waals surface area (Å²) in [6.45, 7) is 7.39. The number of hydrogen-bond acceptors (Lipinski definition) is 2. The van der Waals surface area contributed by atoms with Crippen molar-refractivity contribution in [3.8, 4) is 0 Å². The first kappa shape index (κ1) is 21.0. The fraction of sp³-hybridized carbons (Fsp3) is 0.650. The molecule has 1 saturated heterocycles. The molecular weight excluding hydrogens is 320 g/mol. The van der Waals surface area contributed by atoms with E-state index in [0.29, 0.717) is 18.2 Å². The minimum Gasteiger partial charge on any atom is -0.343 e. The number of piperidine rings is 1. The summed E-state index contributed by atoms with van der Waals surface area (Å²) >= 11 is 0. The van der Waals surface area contributed by atoms with Crippen LogP contribution in [0.25, 0.3) is 0 Å². The molecule has 1 N–H and O–H groups in total. The second-order valence-electron chi connectivity index (χ2n) is 7.11. The molecule has 0 radical (unpaired) electrons. The molecule has 0 saturated carbocycles. The van der Waals surface area contributed by atoms with Crippen LogP contribution in [-0.2, 0) is 11.2 Å². The molecule has 1 aliphatic heterocycles. The Kier molecular flexibility index (Phi) is 9.38. The zero-order chi connectivity index (χ0) is 16.7. The zero-order valence-corrected chi connectivity index (χ0v) is 16.2. The van der Waals surface area contributed by atoms with E-state index in [1.54, 1.807) is 0 Å². The summed E-state index contributed by atoms with van der Waals surface area (Å²) in [6, 6.07) is 8.73. The third kappa shape index (κ3) is 6.45. The van der Waals surface area contributed by atoms with Gasteiger partial charge in [0.2, 0.25) is 5.91 Å². The van der Waals surface area contributed by atoms with Gasteiger partial charge in [-0.25, -0.2) is 0 Å². The van der Waals surface area contributed by atoms with Gasteiger partial charge >= 0.3 is 0 Å². The quantitative estimate of drug-likeness (QED) is 0.804. The molecule has 0 unspecified atom stereocenters. The lowest BCUT2D eigenvalue weighted by Gasteiger charge is -2.32. The molecule has 24 heavy (non-hydrogen) atoms. The summed E-state index contributed by atoms with van der Waals surface area (Å²) in [5.74, 6) is 1.68. The highest BCUT2D eigenvalue weighted by atomic mass is 35.5. The molecule has 0 atom stereocenters. The molecule has 0 aromatic heterocycles. The van der Waals surface area contributed by atoms with Crippen LogP contribution in [-0.4, -0.2) is 37.5 Å². The summed E-state index contributed by atoms with van der Waals surface area (Å²) in [5.41, 5.74) is 2.63. The number of aryl methyl sites for hydroxylation is 1. The van der Waals surface area contributed by atoms with Crippen molar-refractivity contribution in [2.75, 3.05) is 26.7 Å². The largest absolute Gasteiger partial charge is 0.343 e. The van der Waals surface area contributed by atoms with Crippen LogP contribution in [0.3, 0.4) is 0 Å². The molecule has 4 heteroatoms. The van der Waals surface area contributed by atoms with Crippen LogP contribution in [0.15, 0.2) is 24.3 Å². The van der Waals surface area contributed by atoms with Crippen molar-refractivity contribution in [2.45, 2.75) is 51.9 Å². The van der Waals surface area contributed by atoms with Gasteiger partial charge in [0.1, 0.15) is 0 Å². The number of carbonyl (C=O) groups is 1. The van der Waals surface area contributed by atoms with E-state index in [1.807, 2.05) is 7.05 Å². The third-order valence-corrected chi connectivity index (χ3v) is 5.04. The molecule has 1 aliphatic rings. The Hall–Kier alpha value is -1.06. The number of rotatable bonds is 7. The number of amides is 1. The minimum absolute atomic E-state index is 0. The maximum atomic E-state index is 12.4. The normalized spacial score (nSPS) is 15.4. The Bertz CT molecular complexity index is 479. The number of nitrogens with zero attached hydrogens (tertiary/aromatic N) is 1. The molecular formula is C20H33ClN2O. The summed E-state index contributed by atoms with van der Waals surface area (Å²) in [5, 5.41) is 3.22. The summed E-state index contributed by atoms with van der Waals surface area (Å²) < 4.78 is 0. The number of nitrogens with one attached hydrogen (secondary N) is 1. The highest BCUT2D eigenvalue weighted by Gasteiger charge is 2.22. The molecule has 0 bridgehead atoms. The number of halogens is 1. The molecule has 1 fully saturated rings. The second-order valence-corrected chi connectivity index (χ2v) is 7.11. The van der Waals surface area contributed by atoms with Gasteiger partial charge in [-0.1, -0.05) is 38.1 Å². The van der Waals surface area contributed by atoms with Crippen LogP contribution in [0.4, 0.5) is 0 Å². The summed E-state index contributed by atoms with van der Waals surface area (Å²) in [6.07, 6.45) is 5.06. The lowest BCUT2D eigenvalue weighted by molar-refractivity contribution is -0.132. The fourth-order valence-corrected chi connectivity index (χ4v) is 3.30. The number of carbonyl (C=O) groups excluding carboxylic acids is 1. The maximum absolute atomic E-state index is 12.4. The van der Waals surface area contributed by atoms with Gasteiger partial charge in [-0.2, -0.15) is 0 Å². The first-order valence-electron chi connectivity index (χ1n) is 9.11. The SMILES string of the molecule is CNCCC1CCN(C(=O)CCc2ccc(C(C)C)cc2)CC1.Cl. The Balaban J connectivity index is 0.00000288. The van der Waals surface area contributed by atoms with Gasteiger partial charge in [-0.3, -0.25) is 4.79 Å². The lowest BCUT2D eigenvalue weighted by Crippen LogP contribution is -2.39. The highest BCUT2D eigenvalue weighted by molar-refractivity contribution is 5.85. The fourth-order valence-electron chi connectivity index (χ4n) is 3.30. The average Bonchev–Trinajstić information content (AvgIpc) is 2.58. The smallest absolute Gasteiger partial charge is 0.222 e. The van der Waals surface area contributed by atoms with E-state index in [0.717, 1.165) is 44.8 Å². The van der Waals surface area contributed by atoms with Crippen molar-refractivity contribution in [1.29, 1.82) is 0 Å². The number of hydrogen-bond donors (Lipinski definition) is 1. The standard InChI is InChI=1S/C20H32N2O.ClH/c1-16(2)19-7-4-17(5-8-19)6-9-20(23)22-14-11-18(12-15-22)10-13-21-3;/h4-5,7-8,16,18,21H,6,9-15H2,1-3H3;1H. The van der Waals surface area contributed by atoms with Gasteiger partial charge in [0.15, 0.2) is 0 Å². The van der Waals surface area contributed by atoms with Gasteiger partial charge < -0.3 is 10.2 Å². The second kappa shape index (κ2) is 10.7. The Morgan fingerprint density at radius 3 is 2.38 bits per heavy atom. The first-order valence-corrected chi connectivity index (χ1v) is 9.11. The van der Waals surface area contributed by atoms with Gasteiger partial charge in [0.05, 0.1) is 0 Å². The monoisotopic (exact) mass is 352 g/mol. The van der Waals surface area contributed by atoms with Crippen molar-refractivity contribution in [3.05, 3.63) is 35.4 Å². The maximum Gasteiger partial charge on any atom is 0.222 e. The van der Waals surface area contributed by atoms with E-state index < -0.39 is 0 Å². The van der Waals surface area contributed by atoms with Crippen molar-refractivity contribution in [1.82, 2.24) is 10.2 Å². The van der Waals surface area contributed by atoms with Gasteiger partial charge in [0, 0.05) is 19.5 Å². The predicted octanol–water partition coefficient (Wildman–Crippen LogP) is 4.01. The Morgan fingerprint density at radius 1 is 1.21 bits per heavy atom. The minimum atomic E-state index is 0. The molecule has 1 aromatic carbocycles. The topological polar surface area (TPSA) is 32.3 Å². The molecule has 136 valence electrons. The predicted molar refractivity (Wildman–Crippen MR) is 104 cm³/mol. The van der Waals surface area contributed by atoms with E-state index in [2.05, 4.69) is 48.3 Å². The summed E-state index contributed by atoms with van der Waals surface area (Å²) in [7, 11) is 2.01. The van der Waals surface area contributed by atoms with Crippen LogP contribution in [0.2, 0.25) is 0 Å². The molecule has 3 nitrogen and oxygen atoms in total. The van der Waals surface area contributed by atoms with E-state index in [9.17, 15) is 4.79 Å². The third-order valence-electron chi connectivity index (χ3n) is 5.04. The Labute approximate surface area is 153 Å². The highest BCUT2D eigenvalue weighted by Crippen LogP contribution is 2.21. The van der Waals surface area contributed by atoms with E-state index in [4.69, 9.17) is 0 Å². The van der Waals surface area contributed by atoms with E-state index >= 15 is 0 Å². The first-order chi connectivity index (χ1) is 11.1. The van der Waals surface area contributed by atoms with Crippen LogP contribution >= 0.6 is 12.4 Å². The number of likely N-dealkylation sites (tertiary alicyclic amines) is 1. The van der Waals surface area contributed by atoms with Crippen molar-refractivity contribution >= 4 is 18.3 Å². The van der Waals surface area contributed by atoms with E-state index in [-0.39, 0.29) is 12.4 Å². The van der Waals surface area contributed by atoms with Crippen LogP contribution in [0, 0.1) is 5.92 Å². The van der Waals surface area contributed by atoms with Crippen LogP contribution < -0.4 is 5.32 Å². The average molecular weight is 353 g/mol. The van der Waals surface area contributed by atoms with Gasteiger partial charge in [-0.05, 0) is 62.2 Å². The molecule has 1 amide bonds. The van der Waals surface area contributed by atoms with Crippen molar-refractivity contribution < 1.29 is 4.79 Å². The Morgan fingerprint density at radius 2 is 1.83 bits per heavy atom. The molecule has 0 spiro atoms.